The molecule has 3 heterocycles. The molecule has 0 radical (unpaired) electrons. The smallest absolute Gasteiger partial charge is 0.351 e. The Bertz CT molecular complexity index is 1310. The van der Waals surface area contributed by atoms with Gasteiger partial charge in [-0.2, -0.15) is 0 Å². The topological polar surface area (TPSA) is 90.9 Å². The molecule has 0 saturated heterocycles. The fourth-order valence-electron chi connectivity index (χ4n) is 2.62. The molecule has 0 amide bonds. The molecule has 0 fully saturated rings. The van der Waals surface area contributed by atoms with E-state index in [0.29, 0.717) is 16.6 Å². The number of aromatic nitrogens is 2. The van der Waals surface area contributed by atoms with Crippen molar-refractivity contribution in [2.24, 2.45) is 0 Å². The minimum Gasteiger partial charge on any atom is -0.455 e. The highest BCUT2D eigenvalue weighted by Crippen LogP contribution is 2.14. The van der Waals surface area contributed by atoms with Gasteiger partial charge in [-0.1, -0.05) is 18.2 Å². The van der Waals surface area contributed by atoms with Gasteiger partial charge >= 0.3 is 11.6 Å². The Morgan fingerprint density at radius 3 is 2.81 bits per heavy atom. The van der Waals surface area contributed by atoms with E-state index in [0.717, 1.165) is 4.47 Å². The van der Waals surface area contributed by atoms with Gasteiger partial charge < -0.3 is 9.15 Å². The van der Waals surface area contributed by atoms with Crippen molar-refractivity contribution in [3.05, 3.63) is 91.2 Å². The largest absolute Gasteiger partial charge is 0.455 e. The van der Waals surface area contributed by atoms with E-state index >= 15 is 0 Å². The van der Waals surface area contributed by atoms with Gasteiger partial charge in [-0.15, -0.1) is 0 Å². The second kappa shape index (κ2) is 6.81. The number of hydrogen-bond donors (Lipinski definition) is 0. The molecule has 134 valence electrons. The highest BCUT2D eigenvalue weighted by molar-refractivity contribution is 9.10. The molecule has 0 atom stereocenters. The zero-order valence-corrected chi connectivity index (χ0v) is 15.3. The molecule has 0 unspecified atom stereocenters. The average Bonchev–Trinajstić information content (AvgIpc) is 2.66. The zero-order valence-electron chi connectivity index (χ0n) is 13.7. The molecule has 27 heavy (non-hydrogen) atoms. The molecule has 8 heteroatoms. The van der Waals surface area contributed by atoms with Crippen LogP contribution in [0.15, 0.2) is 73.2 Å². The summed E-state index contributed by atoms with van der Waals surface area (Å²) in [5.41, 5.74) is -0.222. The zero-order chi connectivity index (χ0) is 19.0. The first-order valence-electron chi connectivity index (χ1n) is 7.89. The summed E-state index contributed by atoms with van der Waals surface area (Å²) < 4.78 is 12.4. The van der Waals surface area contributed by atoms with Crippen molar-refractivity contribution >= 4 is 38.5 Å². The number of esters is 1. The molecule has 0 spiro atoms. The summed E-state index contributed by atoms with van der Waals surface area (Å²) in [5.74, 6) is -0.840. The predicted molar refractivity (Wildman–Crippen MR) is 101 cm³/mol. The minimum absolute atomic E-state index is 0.213. The van der Waals surface area contributed by atoms with Crippen LogP contribution in [0.2, 0.25) is 0 Å². The maximum absolute atomic E-state index is 12.3. The fraction of sp³-hybridized carbons (Fsp3) is 0.0526. The molecule has 3 aromatic heterocycles. The van der Waals surface area contributed by atoms with Crippen LogP contribution in [-0.4, -0.2) is 15.4 Å². The van der Waals surface area contributed by atoms with E-state index in [4.69, 9.17) is 9.15 Å². The lowest BCUT2D eigenvalue weighted by Crippen LogP contribution is -2.19. The Kier molecular flexibility index (Phi) is 4.33. The SMILES string of the molecule is O=C(OCc1cc(=O)n2cc(Br)ccc2n1)c1cc2ccccc2oc1=O. The summed E-state index contributed by atoms with van der Waals surface area (Å²) in [5, 5.41) is 0.608. The second-order valence-corrected chi connectivity index (χ2v) is 6.64. The first kappa shape index (κ1) is 17.2. The number of nitrogens with zero attached hydrogens (tertiary/aromatic N) is 2. The van der Waals surface area contributed by atoms with Crippen LogP contribution in [0.1, 0.15) is 16.1 Å². The minimum atomic E-state index is -0.840. The summed E-state index contributed by atoms with van der Waals surface area (Å²) in [6.45, 7) is -0.243. The van der Waals surface area contributed by atoms with Gasteiger partial charge in [0.2, 0.25) is 0 Å². The van der Waals surface area contributed by atoms with Gasteiger partial charge in [-0.3, -0.25) is 9.20 Å². The molecule has 7 nitrogen and oxygen atoms in total. The third-order valence-corrected chi connectivity index (χ3v) is 4.36. The number of ether oxygens (including phenoxy) is 1. The van der Waals surface area contributed by atoms with Crippen LogP contribution >= 0.6 is 15.9 Å². The Labute approximate surface area is 160 Å². The van der Waals surface area contributed by atoms with E-state index in [1.807, 2.05) is 0 Å². The quantitative estimate of drug-likeness (QED) is 0.369. The van der Waals surface area contributed by atoms with E-state index in [9.17, 15) is 14.4 Å². The van der Waals surface area contributed by atoms with Gasteiger partial charge in [0.05, 0.1) is 5.69 Å². The predicted octanol–water partition coefficient (Wildman–Crippen LogP) is 2.92. The van der Waals surface area contributed by atoms with Crippen molar-refractivity contribution in [2.75, 3.05) is 0 Å². The number of rotatable bonds is 3. The maximum atomic E-state index is 12.3. The van der Waals surface area contributed by atoms with E-state index in [1.165, 1.54) is 16.5 Å². The van der Waals surface area contributed by atoms with Crippen molar-refractivity contribution in [3.63, 3.8) is 0 Å². The fourth-order valence-corrected chi connectivity index (χ4v) is 2.96. The van der Waals surface area contributed by atoms with Gasteiger partial charge in [-0.05, 0) is 40.2 Å². The summed E-state index contributed by atoms with van der Waals surface area (Å²) in [6, 6.07) is 13.0. The monoisotopic (exact) mass is 426 g/mol. The number of pyridine rings is 1. The van der Waals surface area contributed by atoms with Crippen LogP contribution in [0, 0.1) is 0 Å². The molecular formula is C19H11BrN2O5. The molecule has 0 bridgehead atoms. The Hall–Kier alpha value is -3.26. The lowest BCUT2D eigenvalue weighted by molar-refractivity contribution is 0.0463. The van der Waals surface area contributed by atoms with Gasteiger partial charge in [0.1, 0.15) is 23.4 Å². The number of carbonyl (C=O) groups is 1. The molecule has 0 aliphatic carbocycles. The summed E-state index contributed by atoms with van der Waals surface area (Å²) in [4.78, 5) is 40.7. The van der Waals surface area contributed by atoms with E-state index in [-0.39, 0.29) is 23.4 Å². The number of benzene rings is 1. The van der Waals surface area contributed by atoms with Crippen molar-refractivity contribution in [2.45, 2.75) is 6.61 Å². The normalized spacial score (nSPS) is 11.0. The van der Waals surface area contributed by atoms with Crippen molar-refractivity contribution in [1.29, 1.82) is 0 Å². The Morgan fingerprint density at radius 1 is 1.15 bits per heavy atom. The van der Waals surface area contributed by atoms with Crippen LogP contribution in [0.5, 0.6) is 0 Å². The van der Waals surface area contributed by atoms with Crippen LogP contribution < -0.4 is 11.2 Å². The van der Waals surface area contributed by atoms with Crippen molar-refractivity contribution in [1.82, 2.24) is 9.38 Å². The number of fused-ring (bicyclic) bond motifs is 2. The lowest BCUT2D eigenvalue weighted by atomic mass is 10.2. The first-order valence-corrected chi connectivity index (χ1v) is 8.68. The van der Waals surface area contributed by atoms with Crippen LogP contribution in [0.25, 0.3) is 16.6 Å². The molecule has 4 aromatic rings. The van der Waals surface area contributed by atoms with Crippen LogP contribution in [0.3, 0.4) is 0 Å². The molecule has 0 saturated carbocycles. The Morgan fingerprint density at radius 2 is 1.96 bits per heavy atom. The van der Waals surface area contributed by atoms with Crippen molar-refractivity contribution < 1.29 is 13.9 Å². The molecule has 0 aliphatic heterocycles. The highest BCUT2D eigenvalue weighted by Gasteiger charge is 2.16. The van der Waals surface area contributed by atoms with E-state index < -0.39 is 11.6 Å². The first-order chi connectivity index (χ1) is 13.0. The van der Waals surface area contributed by atoms with Crippen molar-refractivity contribution in [3.8, 4) is 0 Å². The standard InChI is InChI=1S/C19H11BrN2O5/c20-12-5-6-16-21-13(8-17(23)22(16)9-12)10-26-18(24)14-7-11-3-1-2-4-15(11)27-19(14)25/h1-9H,10H2. The number of para-hydroxylation sites is 1. The summed E-state index contributed by atoms with van der Waals surface area (Å²) in [6.07, 6.45) is 1.60. The summed E-state index contributed by atoms with van der Waals surface area (Å²) >= 11 is 3.29. The lowest BCUT2D eigenvalue weighted by Gasteiger charge is -2.06. The molecular weight excluding hydrogens is 416 g/mol. The van der Waals surface area contributed by atoms with Gasteiger partial charge in [0.15, 0.2) is 0 Å². The number of carbonyl (C=O) groups excluding carboxylic acids is 1. The van der Waals surface area contributed by atoms with E-state index in [2.05, 4.69) is 20.9 Å². The number of halogens is 1. The van der Waals surface area contributed by atoms with Gasteiger partial charge in [-0.25, -0.2) is 14.6 Å². The second-order valence-electron chi connectivity index (χ2n) is 5.72. The number of hydrogen-bond acceptors (Lipinski definition) is 6. The molecule has 1 aromatic carbocycles. The Balaban J connectivity index is 1.60. The van der Waals surface area contributed by atoms with Crippen LogP contribution in [-0.2, 0) is 11.3 Å². The molecule has 4 rings (SSSR count). The molecule has 0 N–H and O–H groups in total. The highest BCUT2D eigenvalue weighted by atomic mass is 79.9. The maximum Gasteiger partial charge on any atom is 0.351 e. The van der Waals surface area contributed by atoms with Gasteiger partial charge in [0.25, 0.3) is 5.56 Å². The van der Waals surface area contributed by atoms with E-state index in [1.54, 1.807) is 42.6 Å². The third kappa shape index (κ3) is 3.39. The van der Waals surface area contributed by atoms with Gasteiger partial charge in [0, 0.05) is 22.1 Å². The third-order valence-electron chi connectivity index (χ3n) is 3.89. The van der Waals surface area contributed by atoms with Crippen LogP contribution in [0.4, 0.5) is 0 Å². The summed E-state index contributed by atoms with van der Waals surface area (Å²) in [7, 11) is 0. The molecule has 0 aliphatic rings. The average molecular weight is 427 g/mol.